The fourth-order valence-electron chi connectivity index (χ4n) is 3.90. The van der Waals surface area contributed by atoms with E-state index in [1.807, 2.05) is 0 Å². The summed E-state index contributed by atoms with van der Waals surface area (Å²) in [7, 11) is 0. The van der Waals surface area contributed by atoms with Gasteiger partial charge >= 0.3 is 5.97 Å². The van der Waals surface area contributed by atoms with Gasteiger partial charge in [-0.05, 0) is 30.4 Å². The van der Waals surface area contributed by atoms with Gasteiger partial charge in [-0.1, -0.05) is 18.2 Å². The number of phenols is 2. The summed E-state index contributed by atoms with van der Waals surface area (Å²) in [6.45, 7) is 0. The predicted octanol–water partition coefficient (Wildman–Crippen LogP) is 4.40. The van der Waals surface area contributed by atoms with Gasteiger partial charge in [0, 0.05) is 29.3 Å². The number of thiocarbonyl (C=S) groups is 1. The number of fused-ring (bicyclic) bond motifs is 6. The minimum absolute atomic E-state index is 0.00718. The van der Waals surface area contributed by atoms with Crippen molar-refractivity contribution in [3.63, 3.8) is 0 Å². The third kappa shape index (κ3) is 2.05. The van der Waals surface area contributed by atoms with E-state index in [0.717, 1.165) is 0 Å². The molecule has 2 N–H and O–H groups in total. The van der Waals surface area contributed by atoms with Crippen molar-refractivity contribution in [3.05, 3.63) is 76.9 Å². The Labute approximate surface area is 164 Å². The summed E-state index contributed by atoms with van der Waals surface area (Å²) in [5.74, 6) is -0.0503. The minimum Gasteiger partial charge on any atom is -0.508 e. The van der Waals surface area contributed by atoms with Crippen molar-refractivity contribution in [1.29, 1.82) is 0 Å². The second-order valence-electron chi connectivity index (χ2n) is 6.44. The Kier molecular flexibility index (Phi) is 3.34. The number of aromatic hydroxyl groups is 2. The van der Waals surface area contributed by atoms with Crippen LogP contribution >= 0.6 is 12.2 Å². The fraction of sp³-hybridized carbons (Fsp3) is 0.0476. The topological polar surface area (TPSA) is 88.4 Å². The normalized spacial score (nSPS) is 18.4. The van der Waals surface area contributed by atoms with Gasteiger partial charge in [-0.3, -0.25) is 0 Å². The Bertz CT molecular complexity index is 1230. The van der Waals surface area contributed by atoms with Gasteiger partial charge in [0.2, 0.25) is 0 Å². The Morgan fingerprint density at radius 3 is 2.57 bits per heavy atom. The van der Waals surface area contributed by atoms with Gasteiger partial charge in [0.15, 0.2) is 5.60 Å². The van der Waals surface area contributed by atoms with Crippen LogP contribution in [0.5, 0.6) is 23.0 Å². The van der Waals surface area contributed by atoms with Crippen molar-refractivity contribution in [2.45, 2.75) is 5.60 Å². The van der Waals surface area contributed by atoms with Crippen LogP contribution in [0.15, 0.2) is 59.6 Å². The van der Waals surface area contributed by atoms with Gasteiger partial charge in [0.25, 0.3) is 0 Å². The molecule has 3 aromatic carbocycles. The molecule has 0 bridgehead atoms. The Morgan fingerprint density at radius 2 is 1.75 bits per heavy atom. The van der Waals surface area contributed by atoms with Crippen LogP contribution in [0.2, 0.25) is 0 Å². The first-order valence-corrected chi connectivity index (χ1v) is 8.75. The summed E-state index contributed by atoms with van der Waals surface area (Å²) < 4.78 is 11.9. The maximum Gasteiger partial charge on any atom is 0.340 e. The van der Waals surface area contributed by atoms with E-state index in [0.29, 0.717) is 28.0 Å². The molecule has 28 heavy (non-hydrogen) atoms. The van der Waals surface area contributed by atoms with Gasteiger partial charge < -0.3 is 19.7 Å². The zero-order chi connectivity index (χ0) is 19.5. The lowest BCUT2D eigenvalue weighted by Crippen LogP contribution is -2.33. The highest BCUT2D eigenvalue weighted by molar-refractivity contribution is 7.78. The van der Waals surface area contributed by atoms with Crippen molar-refractivity contribution in [3.8, 4) is 23.0 Å². The monoisotopic (exact) mass is 389 g/mol. The first-order valence-electron chi connectivity index (χ1n) is 8.34. The lowest BCUT2D eigenvalue weighted by Gasteiger charge is -2.37. The number of isothiocyanates is 1. The van der Waals surface area contributed by atoms with Crippen LogP contribution in [-0.4, -0.2) is 21.3 Å². The molecule has 2 aliphatic heterocycles. The number of nitrogens with zero attached hydrogens (tertiary/aromatic N) is 1. The van der Waals surface area contributed by atoms with Crippen molar-refractivity contribution in [2.75, 3.05) is 0 Å². The molecule has 7 heteroatoms. The number of rotatable bonds is 1. The number of benzene rings is 3. The largest absolute Gasteiger partial charge is 0.508 e. The van der Waals surface area contributed by atoms with Crippen LogP contribution in [0.4, 0.5) is 5.69 Å². The van der Waals surface area contributed by atoms with Crippen LogP contribution in [-0.2, 0) is 10.3 Å². The lowest BCUT2D eigenvalue weighted by molar-refractivity contribution is 0.0226. The summed E-state index contributed by atoms with van der Waals surface area (Å²) in [5, 5.41) is 22.3. The molecule has 136 valence electrons. The lowest BCUT2D eigenvalue weighted by atomic mass is 9.77. The first-order chi connectivity index (χ1) is 13.5. The molecular weight excluding hydrogens is 378 g/mol. The quantitative estimate of drug-likeness (QED) is 0.364. The SMILES string of the molecule is O=C1OC2(c3ccc(O)cc3Oc3cc(O)cc(N=C=S)c32)c2ccccc21. The number of carbonyl (C=O) groups is 1. The molecule has 2 aliphatic rings. The van der Waals surface area contributed by atoms with Gasteiger partial charge in [-0.2, -0.15) is 4.99 Å². The zero-order valence-electron chi connectivity index (χ0n) is 14.2. The molecule has 5 rings (SSSR count). The average molecular weight is 389 g/mol. The van der Waals surface area contributed by atoms with Crippen molar-refractivity contribution >= 4 is 29.0 Å². The summed E-state index contributed by atoms with van der Waals surface area (Å²) in [5.41, 5.74) is 0.904. The summed E-state index contributed by atoms with van der Waals surface area (Å²) in [4.78, 5) is 16.8. The van der Waals surface area contributed by atoms with E-state index in [1.165, 1.54) is 24.3 Å². The molecule has 3 aromatic rings. The highest BCUT2D eigenvalue weighted by Gasteiger charge is 2.54. The Morgan fingerprint density at radius 1 is 0.964 bits per heavy atom. The van der Waals surface area contributed by atoms with E-state index in [4.69, 9.17) is 21.7 Å². The van der Waals surface area contributed by atoms with Crippen molar-refractivity contribution in [1.82, 2.24) is 0 Å². The minimum atomic E-state index is -1.36. The number of ether oxygens (including phenoxy) is 2. The number of hydrogen-bond donors (Lipinski definition) is 2. The third-order valence-corrected chi connectivity index (χ3v) is 5.01. The van der Waals surface area contributed by atoms with E-state index in [9.17, 15) is 15.0 Å². The molecule has 0 aliphatic carbocycles. The van der Waals surface area contributed by atoms with E-state index in [2.05, 4.69) is 10.2 Å². The number of phenolic OH excluding ortho intramolecular Hbond substituents is 2. The Hall–Kier alpha value is -3.67. The van der Waals surface area contributed by atoms with Gasteiger partial charge in [-0.15, -0.1) is 0 Å². The first kappa shape index (κ1) is 16.5. The van der Waals surface area contributed by atoms with Crippen LogP contribution in [0.3, 0.4) is 0 Å². The predicted molar refractivity (Wildman–Crippen MR) is 103 cm³/mol. The molecule has 6 nitrogen and oxygen atoms in total. The molecule has 1 atom stereocenters. The maximum atomic E-state index is 12.7. The molecular formula is C21H11NO5S. The van der Waals surface area contributed by atoms with Crippen LogP contribution in [0, 0.1) is 0 Å². The second-order valence-corrected chi connectivity index (χ2v) is 6.62. The molecule has 0 saturated heterocycles. The van der Waals surface area contributed by atoms with E-state index < -0.39 is 11.6 Å². The summed E-state index contributed by atoms with van der Waals surface area (Å²) in [6.07, 6.45) is 0. The van der Waals surface area contributed by atoms with Gasteiger partial charge in [-0.25, -0.2) is 4.79 Å². The van der Waals surface area contributed by atoms with Gasteiger partial charge in [0.1, 0.15) is 23.0 Å². The number of aliphatic imine (C=N–C) groups is 1. The van der Waals surface area contributed by atoms with Crippen LogP contribution < -0.4 is 4.74 Å². The van der Waals surface area contributed by atoms with Crippen LogP contribution in [0.25, 0.3) is 0 Å². The summed E-state index contributed by atoms with van der Waals surface area (Å²) >= 11 is 4.76. The molecule has 0 aromatic heterocycles. The fourth-order valence-corrected chi connectivity index (χ4v) is 4.00. The Balaban J connectivity index is 1.96. The molecule has 0 radical (unpaired) electrons. The van der Waals surface area contributed by atoms with Crippen molar-refractivity contribution < 1.29 is 24.5 Å². The smallest absolute Gasteiger partial charge is 0.340 e. The van der Waals surface area contributed by atoms with Crippen molar-refractivity contribution in [2.24, 2.45) is 4.99 Å². The number of carbonyl (C=O) groups excluding carboxylic acids is 1. The highest BCUT2D eigenvalue weighted by atomic mass is 32.1. The third-order valence-electron chi connectivity index (χ3n) is 4.92. The van der Waals surface area contributed by atoms with E-state index >= 15 is 0 Å². The molecule has 2 heterocycles. The van der Waals surface area contributed by atoms with Crippen LogP contribution in [0.1, 0.15) is 27.0 Å². The number of hydrogen-bond acceptors (Lipinski definition) is 7. The van der Waals surface area contributed by atoms with E-state index in [-0.39, 0.29) is 22.9 Å². The second kappa shape index (κ2) is 5.66. The molecule has 0 fully saturated rings. The standard InChI is InChI=1S/C21H11NO5S/c23-11-5-6-15-17(8-11)26-18-9-12(24)7-16(22-10-28)19(18)21(15)14-4-2-1-3-13(14)20(25)27-21/h1-9,23-24H. The average Bonchev–Trinajstić information content (AvgIpc) is 2.95. The highest BCUT2D eigenvalue weighted by Crippen LogP contribution is 2.59. The number of esters is 1. The van der Waals surface area contributed by atoms with Gasteiger partial charge in [0.05, 0.1) is 22.0 Å². The summed E-state index contributed by atoms with van der Waals surface area (Å²) in [6, 6.07) is 14.4. The zero-order valence-corrected chi connectivity index (χ0v) is 15.0. The molecule has 0 amide bonds. The maximum absolute atomic E-state index is 12.7. The van der Waals surface area contributed by atoms with E-state index in [1.54, 1.807) is 30.3 Å². The molecule has 1 unspecified atom stereocenters. The molecule has 1 spiro atoms. The molecule has 0 saturated carbocycles.